The van der Waals surface area contributed by atoms with Crippen molar-refractivity contribution >= 4 is 12.3 Å². The standard InChI is InChI=1S/C31H54O3.C29H48O2.C2HF3O2.CH4/c1-21(2)9-8-10-22(3)26-13-14-27-25-12-11-23-19-24(34-20-29(32-6)33-7)15-17-30(23,4)28(25)16-18-31(26,27)5;1-20(2)7-6-8-21(3)25-11-12-26-24-10-9-22-19-23(31-18-17-30)13-15-28(22,4)27(24)14-16-29(25,26)5;3-2(4,5)1(6)7;/h11,21-22,24-29H,8-10,12-20H2,1-7H3;9,17,20-21,23-27H,6-8,10-16,18-19H2,1-5H3;(H,6,7);1H4/t22-,24+,25?,26-,27?,28?,30+,31-;21-,23+,24?,25-,26?,27?,28+,29-;;/m11../s1. The molecule has 422 valence electrons. The van der Waals surface area contributed by atoms with E-state index in [1.165, 1.54) is 122 Å². The summed E-state index contributed by atoms with van der Waals surface area (Å²) in [5.41, 5.74) is 5.30. The molecule has 0 heterocycles. The number of hydrogen-bond acceptors (Lipinski definition) is 6. The Bertz CT molecular complexity index is 1810. The maximum Gasteiger partial charge on any atom is 0.490 e. The number of methoxy groups -OCH3 is 2. The third kappa shape index (κ3) is 13.9. The number of ether oxygens (including phenoxy) is 4. The van der Waals surface area contributed by atoms with Gasteiger partial charge in [0.2, 0.25) is 0 Å². The van der Waals surface area contributed by atoms with Crippen molar-refractivity contribution in [2.75, 3.05) is 27.4 Å². The molecule has 6 fully saturated rings. The summed E-state index contributed by atoms with van der Waals surface area (Å²) < 4.78 is 54.5. The van der Waals surface area contributed by atoms with E-state index < -0.39 is 12.1 Å². The lowest BCUT2D eigenvalue weighted by Gasteiger charge is -2.58. The number of halogens is 3. The minimum Gasteiger partial charge on any atom is -0.475 e. The summed E-state index contributed by atoms with van der Waals surface area (Å²) in [5.74, 6) is 8.03. The summed E-state index contributed by atoms with van der Waals surface area (Å²) in [5, 5.41) is 7.12. The molecule has 8 aliphatic rings. The van der Waals surface area contributed by atoms with Crippen LogP contribution in [-0.2, 0) is 28.5 Å². The number of aldehydes is 1. The number of alkyl halides is 3. The molecule has 0 spiro atoms. The molecule has 7 nitrogen and oxygen atoms in total. The van der Waals surface area contributed by atoms with Crippen LogP contribution in [0.5, 0.6) is 0 Å². The van der Waals surface area contributed by atoms with E-state index in [0.29, 0.717) is 34.4 Å². The van der Waals surface area contributed by atoms with Crippen LogP contribution in [0.4, 0.5) is 13.2 Å². The van der Waals surface area contributed by atoms with Crippen molar-refractivity contribution < 1.29 is 46.8 Å². The Morgan fingerprint density at radius 1 is 0.644 bits per heavy atom. The number of hydrogen-bond donors (Lipinski definition) is 1. The molecule has 0 aromatic carbocycles. The van der Waals surface area contributed by atoms with Crippen molar-refractivity contribution in [3.63, 3.8) is 0 Å². The van der Waals surface area contributed by atoms with Crippen LogP contribution < -0.4 is 0 Å². The molecule has 73 heavy (non-hydrogen) atoms. The first kappa shape index (κ1) is 62.1. The highest BCUT2D eigenvalue weighted by atomic mass is 19.4. The predicted molar refractivity (Wildman–Crippen MR) is 290 cm³/mol. The van der Waals surface area contributed by atoms with E-state index in [-0.39, 0.29) is 26.4 Å². The Morgan fingerprint density at radius 3 is 1.42 bits per heavy atom. The number of carboxylic acid groups (broad SMARTS) is 1. The van der Waals surface area contributed by atoms with Crippen LogP contribution in [0, 0.1) is 92.7 Å². The van der Waals surface area contributed by atoms with Crippen LogP contribution in [0.15, 0.2) is 23.3 Å². The molecule has 0 aromatic rings. The number of fused-ring (bicyclic) bond motifs is 10. The number of allylic oxidation sites excluding steroid dienone is 2. The third-order valence-electron chi connectivity index (χ3n) is 22.2. The summed E-state index contributed by atoms with van der Waals surface area (Å²) >= 11 is 0. The van der Waals surface area contributed by atoms with Gasteiger partial charge in [0.05, 0.1) is 18.8 Å². The lowest BCUT2D eigenvalue weighted by molar-refractivity contribution is -0.192. The SMILES string of the molecule is C.CC(C)CCC[C@@H](C)[C@H]1CCC2C3CC=C4C[C@@H](OCC=O)CC[C@]4(C)C3CC[C@@]21C.COC(CO[C@H]1CC[C@@]2(C)C(=CCC3C2CC[C@@]2(C)C3CC[C@@H]2[C@H](C)CCCC(C)C)C1)OC.O=C(O)C(F)(F)F. The number of carboxylic acids is 1. The first-order chi connectivity index (χ1) is 34.0. The Labute approximate surface area is 443 Å². The summed E-state index contributed by atoms with van der Waals surface area (Å²) in [6, 6.07) is 0. The molecule has 1 N–H and O–H groups in total. The first-order valence-corrected chi connectivity index (χ1v) is 29.4. The number of carbonyl (C=O) groups is 2. The van der Waals surface area contributed by atoms with Crippen molar-refractivity contribution in [2.45, 2.75) is 243 Å². The van der Waals surface area contributed by atoms with Gasteiger partial charge in [-0.25, -0.2) is 4.79 Å². The molecule has 6 unspecified atom stereocenters. The van der Waals surface area contributed by atoms with Crippen molar-refractivity contribution in [3.8, 4) is 0 Å². The molecular formula is C63H107F3O7. The van der Waals surface area contributed by atoms with Crippen LogP contribution in [0.25, 0.3) is 0 Å². The molecule has 0 bridgehead atoms. The molecule has 0 saturated heterocycles. The van der Waals surface area contributed by atoms with Crippen LogP contribution in [0.1, 0.15) is 218 Å². The minimum absolute atomic E-state index is 0. The molecule has 0 aromatic heterocycles. The van der Waals surface area contributed by atoms with Gasteiger partial charge in [0.25, 0.3) is 0 Å². The second-order valence-electron chi connectivity index (χ2n) is 26.8. The predicted octanol–water partition coefficient (Wildman–Crippen LogP) is 16.9. The quantitative estimate of drug-likeness (QED) is 0.0831. The molecule has 0 radical (unpaired) electrons. The van der Waals surface area contributed by atoms with E-state index in [1.807, 2.05) is 0 Å². The molecule has 10 heteroatoms. The van der Waals surface area contributed by atoms with Crippen LogP contribution in [0.2, 0.25) is 0 Å². The van der Waals surface area contributed by atoms with Gasteiger partial charge in [0, 0.05) is 14.2 Å². The van der Waals surface area contributed by atoms with Gasteiger partial charge >= 0.3 is 12.1 Å². The van der Waals surface area contributed by atoms with E-state index in [1.54, 1.807) is 25.4 Å². The fourth-order valence-electron chi connectivity index (χ4n) is 18.2. The van der Waals surface area contributed by atoms with E-state index in [9.17, 15) is 18.0 Å². The highest BCUT2D eigenvalue weighted by Crippen LogP contribution is 2.69. The van der Waals surface area contributed by atoms with Crippen LogP contribution in [0.3, 0.4) is 0 Å². The zero-order valence-electron chi connectivity index (χ0n) is 47.4. The van der Waals surface area contributed by atoms with Crippen molar-refractivity contribution in [3.05, 3.63) is 23.3 Å². The minimum atomic E-state index is -5.08. The van der Waals surface area contributed by atoms with Gasteiger partial charge in [-0.3, -0.25) is 0 Å². The van der Waals surface area contributed by atoms with Crippen molar-refractivity contribution in [1.82, 2.24) is 0 Å². The smallest absolute Gasteiger partial charge is 0.475 e. The van der Waals surface area contributed by atoms with E-state index >= 15 is 0 Å². The highest BCUT2D eigenvalue weighted by molar-refractivity contribution is 5.73. The second-order valence-corrected chi connectivity index (χ2v) is 26.8. The highest BCUT2D eigenvalue weighted by Gasteiger charge is 2.61. The summed E-state index contributed by atoms with van der Waals surface area (Å²) in [6.45, 7) is 26.0. The summed E-state index contributed by atoms with van der Waals surface area (Å²) in [6.07, 6.45) is 31.3. The van der Waals surface area contributed by atoms with Gasteiger partial charge in [-0.1, -0.05) is 138 Å². The van der Waals surface area contributed by atoms with Crippen molar-refractivity contribution in [2.24, 2.45) is 92.7 Å². The first-order valence-electron chi connectivity index (χ1n) is 29.4. The van der Waals surface area contributed by atoms with Gasteiger partial charge in [0.1, 0.15) is 12.9 Å². The largest absolute Gasteiger partial charge is 0.490 e. The topological polar surface area (TPSA) is 91.3 Å². The van der Waals surface area contributed by atoms with Crippen LogP contribution in [-0.4, -0.2) is 69.5 Å². The second kappa shape index (κ2) is 26.3. The van der Waals surface area contributed by atoms with E-state index in [0.717, 1.165) is 96.6 Å². The molecule has 6 saturated carbocycles. The normalized spacial score (nSPS) is 38.3. The fraction of sp³-hybridized carbons (Fsp3) is 0.905. The maximum atomic E-state index is 10.7. The van der Waals surface area contributed by atoms with Gasteiger partial charge in [-0.15, -0.1) is 0 Å². The fourth-order valence-corrected chi connectivity index (χ4v) is 18.2. The number of rotatable bonds is 18. The zero-order chi connectivity index (χ0) is 52.8. The molecular weight excluding hydrogens is 926 g/mol. The maximum absolute atomic E-state index is 10.7. The molecule has 16 atom stereocenters. The van der Waals surface area contributed by atoms with Crippen molar-refractivity contribution in [1.29, 1.82) is 0 Å². The lowest BCUT2D eigenvalue weighted by atomic mass is 9.47. The Hall–Kier alpha value is -1.75. The average Bonchev–Trinajstić information content (AvgIpc) is 3.88. The van der Waals surface area contributed by atoms with Gasteiger partial charge in [0.15, 0.2) is 6.29 Å². The van der Waals surface area contributed by atoms with Gasteiger partial charge in [-0.2, -0.15) is 13.2 Å². The average molecular weight is 1030 g/mol. The monoisotopic (exact) mass is 1030 g/mol. The Balaban J connectivity index is 0.000000237. The molecule has 0 aliphatic heterocycles. The van der Waals surface area contributed by atoms with Crippen LogP contribution >= 0.6 is 0 Å². The Kier molecular flexibility index (Phi) is 22.3. The zero-order valence-corrected chi connectivity index (χ0v) is 47.4. The molecule has 8 rings (SSSR count). The summed E-state index contributed by atoms with van der Waals surface area (Å²) in [7, 11) is 3.38. The number of aliphatic carboxylic acids is 1. The molecule has 8 aliphatic carbocycles. The lowest BCUT2D eigenvalue weighted by Crippen LogP contribution is -2.51. The molecule has 0 amide bonds. The Morgan fingerprint density at radius 2 is 1.05 bits per heavy atom. The van der Waals surface area contributed by atoms with E-state index in [4.69, 9.17) is 28.8 Å². The van der Waals surface area contributed by atoms with Gasteiger partial charge < -0.3 is 28.8 Å². The number of carbonyl (C=O) groups excluding carboxylic acids is 1. The van der Waals surface area contributed by atoms with E-state index in [2.05, 4.69) is 81.4 Å². The summed E-state index contributed by atoms with van der Waals surface area (Å²) in [4.78, 5) is 19.6. The third-order valence-corrected chi connectivity index (χ3v) is 22.2. The van der Waals surface area contributed by atoms with Gasteiger partial charge in [-0.05, 0) is 195 Å².